The van der Waals surface area contributed by atoms with E-state index in [1.807, 2.05) is 19.9 Å². The second-order valence-corrected chi connectivity index (χ2v) is 4.33. The zero-order valence-corrected chi connectivity index (χ0v) is 11.2. The topological polar surface area (TPSA) is 49.8 Å². The number of hydrogen-bond acceptors (Lipinski definition) is 3. The molecule has 1 amide bonds. The minimum Gasteiger partial charge on any atom is -0.508 e. The Morgan fingerprint density at radius 2 is 2.22 bits per heavy atom. The molecular formula is C14H21NO3. The largest absolute Gasteiger partial charge is 0.508 e. The predicted octanol–water partition coefficient (Wildman–Crippen LogP) is 1.82. The molecule has 1 aromatic rings. The summed E-state index contributed by atoms with van der Waals surface area (Å²) in [6.07, 6.45) is 0.302. The Kier molecular flexibility index (Phi) is 5.65. The molecule has 0 aliphatic carbocycles. The molecule has 0 bridgehead atoms. The molecule has 0 heterocycles. The van der Waals surface area contributed by atoms with Crippen LogP contribution in [0.5, 0.6) is 5.75 Å². The van der Waals surface area contributed by atoms with Crippen LogP contribution in [0.2, 0.25) is 0 Å². The van der Waals surface area contributed by atoms with E-state index in [0.29, 0.717) is 19.6 Å². The molecule has 1 N–H and O–H groups in total. The van der Waals surface area contributed by atoms with Gasteiger partial charge in [-0.15, -0.1) is 0 Å². The van der Waals surface area contributed by atoms with Crippen molar-refractivity contribution in [1.29, 1.82) is 0 Å². The van der Waals surface area contributed by atoms with Gasteiger partial charge in [-0.1, -0.05) is 12.1 Å². The molecule has 18 heavy (non-hydrogen) atoms. The number of aromatic hydroxyl groups is 1. The molecule has 1 unspecified atom stereocenters. The van der Waals surface area contributed by atoms with E-state index in [2.05, 4.69) is 0 Å². The van der Waals surface area contributed by atoms with Gasteiger partial charge < -0.3 is 14.7 Å². The van der Waals surface area contributed by atoms with Crippen molar-refractivity contribution in [3.8, 4) is 5.75 Å². The number of phenolic OH excluding ortho intramolecular Hbond substituents is 1. The van der Waals surface area contributed by atoms with Crippen LogP contribution >= 0.6 is 0 Å². The number of methoxy groups -OCH3 is 1. The first-order valence-corrected chi connectivity index (χ1v) is 6.14. The molecule has 0 saturated carbocycles. The molecule has 0 radical (unpaired) electrons. The lowest BCUT2D eigenvalue weighted by molar-refractivity contribution is -0.133. The summed E-state index contributed by atoms with van der Waals surface area (Å²) in [5, 5.41) is 9.37. The maximum Gasteiger partial charge on any atom is 0.227 e. The van der Waals surface area contributed by atoms with Crippen LogP contribution in [-0.2, 0) is 16.0 Å². The van der Waals surface area contributed by atoms with Crippen molar-refractivity contribution >= 4 is 5.91 Å². The fourth-order valence-corrected chi connectivity index (χ4v) is 2.01. The first-order valence-electron chi connectivity index (χ1n) is 6.14. The lowest BCUT2D eigenvalue weighted by Crippen LogP contribution is -2.41. The molecule has 4 nitrogen and oxygen atoms in total. The van der Waals surface area contributed by atoms with Gasteiger partial charge in [-0.25, -0.2) is 0 Å². The van der Waals surface area contributed by atoms with Gasteiger partial charge in [0.1, 0.15) is 5.75 Å². The molecule has 1 aromatic carbocycles. The monoisotopic (exact) mass is 251 g/mol. The van der Waals surface area contributed by atoms with Gasteiger partial charge in [0.2, 0.25) is 5.91 Å². The summed E-state index contributed by atoms with van der Waals surface area (Å²) in [6, 6.07) is 6.86. The zero-order chi connectivity index (χ0) is 13.5. The van der Waals surface area contributed by atoms with Gasteiger partial charge in [0.05, 0.1) is 19.1 Å². The Bertz CT molecular complexity index is 392. The number of nitrogens with zero attached hydrogens (tertiary/aromatic N) is 1. The van der Waals surface area contributed by atoms with Gasteiger partial charge in [0.15, 0.2) is 0 Å². The number of benzene rings is 1. The number of amides is 1. The number of carbonyl (C=O) groups excluding carboxylic acids is 1. The van der Waals surface area contributed by atoms with Crippen LogP contribution < -0.4 is 0 Å². The van der Waals surface area contributed by atoms with Crippen molar-refractivity contribution in [1.82, 2.24) is 4.90 Å². The standard InChI is InChI=1S/C14H21NO3/c1-4-15(11(2)10-18-3)14(17)9-12-6-5-7-13(16)8-12/h5-8,11,16H,4,9-10H2,1-3H3. The number of phenols is 1. The Labute approximate surface area is 108 Å². The molecule has 0 aliphatic rings. The molecule has 4 heteroatoms. The smallest absolute Gasteiger partial charge is 0.227 e. The van der Waals surface area contributed by atoms with Gasteiger partial charge in [-0.2, -0.15) is 0 Å². The predicted molar refractivity (Wildman–Crippen MR) is 70.5 cm³/mol. The summed E-state index contributed by atoms with van der Waals surface area (Å²) < 4.78 is 5.07. The van der Waals surface area contributed by atoms with Gasteiger partial charge in [-0.3, -0.25) is 4.79 Å². The second kappa shape index (κ2) is 7.01. The molecule has 1 atom stereocenters. The minimum absolute atomic E-state index is 0.0488. The fraction of sp³-hybridized carbons (Fsp3) is 0.500. The Morgan fingerprint density at radius 1 is 1.50 bits per heavy atom. The SMILES string of the molecule is CCN(C(=O)Cc1cccc(O)c1)C(C)COC. The van der Waals surface area contributed by atoms with E-state index >= 15 is 0 Å². The Hall–Kier alpha value is -1.55. The second-order valence-electron chi connectivity index (χ2n) is 4.33. The van der Waals surface area contributed by atoms with E-state index in [4.69, 9.17) is 4.74 Å². The quantitative estimate of drug-likeness (QED) is 0.839. The molecule has 0 aromatic heterocycles. The Morgan fingerprint density at radius 3 is 2.78 bits per heavy atom. The number of carbonyl (C=O) groups is 1. The molecule has 0 saturated heterocycles. The summed E-state index contributed by atoms with van der Waals surface area (Å²) in [4.78, 5) is 13.9. The van der Waals surface area contributed by atoms with Crippen LogP contribution in [-0.4, -0.2) is 42.2 Å². The van der Waals surface area contributed by atoms with Crippen molar-refractivity contribution in [3.05, 3.63) is 29.8 Å². The zero-order valence-electron chi connectivity index (χ0n) is 11.2. The van der Waals surface area contributed by atoms with Crippen molar-refractivity contribution in [2.45, 2.75) is 26.3 Å². The molecule has 1 rings (SSSR count). The van der Waals surface area contributed by atoms with Crippen LogP contribution in [0.3, 0.4) is 0 Å². The third kappa shape index (κ3) is 4.04. The van der Waals surface area contributed by atoms with Gasteiger partial charge in [0.25, 0.3) is 0 Å². The van der Waals surface area contributed by atoms with Gasteiger partial charge >= 0.3 is 0 Å². The maximum atomic E-state index is 12.2. The summed E-state index contributed by atoms with van der Waals surface area (Å²) in [5.41, 5.74) is 0.822. The van der Waals surface area contributed by atoms with Crippen molar-refractivity contribution in [2.75, 3.05) is 20.3 Å². The Balaban J connectivity index is 2.68. The van der Waals surface area contributed by atoms with Crippen LogP contribution in [0, 0.1) is 0 Å². The van der Waals surface area contributed by atoms with Crippen molar-refractivity contribution in [3.63, 3.8) is 0 Å². The third-order valence-electron chi connectivity index (χ3n) is 2.87. The summed E-state index contributed by atoms with van der Waals surface area (Å²) in [7, 11) is 1.63. The summed E-state index contributed by atoms with van der Waals surface area (Å²) in [6.45, 7) is 5.10. The van der Waals surface area contributed by atoms with E-state index in [1.54, 1.807) is 30.2 Å². The van der Waals surface area contributed by atoms with Gasteiger partial charge in [0, 0.05) is 13.7 Å². The van der Waals surface area contributed by atoms with Gasteiger partial charge in [-0.05, 0) is 31.5 Å². The number of rotatable bonds is 6. The molecule has 0 aliphatic heterocycles. The lowest BCUT2D eigenvalue weighted by Gasteiger charge is -2.27. The maximum absolute atomic E-state index is 12.2. The van der Waals surface area contributed by atoms with E-state index in [0.717, 1.165) is 5.56 Å². The highest BCUT2D eigenvalue weighted by Gasteiger charge is 2.18. The minimum atomic E-state index is 0.0488. The van der Waals surface area contributed by atoms with Crippen LogP contribution in [0.1, 0.15) is 19.4 Å². The number of ether oxygens (including phenoxy) is 1. The van der Waals surface area contributed by atoms with Crippen LogP contribution in [0.25, 0.3) is 0 Å². The highest BCUT2D eigenvalue weighted by atomic mass is 16.5. The number of hydrogen-bond donors (Lipinski definition) is 1. The van der Waals surface area contributed by atoms with E-state index in [9.17, 15) is 9.90 Å². The van der Waals surface area contributed by atoms with Crippen LogP contribution in [0.4, 0.5) is 0 Å². The average molecular weight is 251 g/mol. The molecule has 100 valence electrons. The fourth-order valence-electron chi connectivity index (χ4n) is 2.01. The lowest BCUT2D eigenvalue weighted by atomic mass is 10.1. The normalized spacial score (nSPS) is 12.2. The highest BCUT2D eigenvalue weighted by molar-refractivity contribution is 5.79. The molecule has 0 spiro atoms. The molecule has 0 fully saturated rings. The summed E-state index contributed by atoms with van der Waals surface area (Å²) >= 11 is 0. The molecular weight excluding hydrogens is 230 g/mol. The number of likely N-dealkylation sites (N-methyl/N-ethyl adjacent to an activating group) is 1. The van der Waals surface area contributed by atoms with Crippen LogP contribution in [0.15, 0.2) is 24.3 Å². The first kappa shape index (κ1) is 14.5. The van der Waals surface area contributed by atoms with Crippen molar-refractivity contribution in [2.24, 2.45) is 0 Å². The van der Waals surface area contributed by atoms with E-state index < -0.39 is 0 Å². The van der Waals surface area contributed by atoms with E-state index in [1.165, 1.54) is 0 Å². The first-order chi connectivity index (χ1) is 8.58. The van der Waals surface area contributed by atoms with E-state index in [-0.39, 0.29) is 17.7 Å². The average Bonchev–Trinajstić information content (AvgIpc) is 2.30. The summed E-state index contributed by atoms with van der Waals surface area (Å²) in [5.74, 6) is 0.237. The van der Waals surface area contributed by atoms with Crippen molar-refractivity contribution < 1.29 is 14.6 Å². The highest BCUT2D eigenvalue weighted by Crippen LogP contribution is 2.13. The third-order valence-corrected chi connectivity index (χ3v) is 2.87.